The minimum absolute atomic E-state index is 0.129. The molecule has 0 spiro atoms. The third-order valence-electron chi connectivity index (χ3n) is 2.68. The highest BCUT2D eigenvalue weighted by Crippen LogP contribution is 2.36. The maximum Gasteiger partial charge on any atom is 0.227 e. The summed E-state index contributed by atoms with van der Waals surface area (Å²) in [6, 6.07) is 12.1. The zero-order chi connectivity index (χ0) is 14.5. The van der Waals surface area contributed by atoms with Crippen LogP contribution in [-0.4, -0.2) is 24.4 Å². The standard InChI is InChI=1S/C15H14O4S/c1-18-13-8-11(12(16)9-14(13)19-2)15(17)20-10-6-4-3-5-7-10/h3-9,16H,1-2H3. The number of methoxy groups -OCH3 is 2. The van der Waals surface area contributed by atoms with Gasteiger partial charge >= 0.3 is 0 Å². The lowest BCUT2D eigenvalue weighted by Gasteiger charge is -2.10. The Labute approximate surface area is 121 Å². The summed E-state index contributed by atoms with van der Waals surface area (Å²) < 4.78 is 10.2. The van der Waals surface area contributed by atoms with E-state index in [0.717, 1.165) is 16.7 Å². The van der Waals surface area contributed by atoms with Crippen molar-refractivity contribution in [3.63, 3.8) is 0 Å². The average molecular weight is 290 g/mol. The van der Waals surface area contributed by atoms with Crippen LogP contribution >= 0.6 is 11.8 Å². The Morgan fingerprint density at radius 1 is 1.05 bits per heavy atom. The van der Waals surface area contributed by atoms with E-state index in [1.54, 1.807) is 0 Å². The molecule has 1 N–H and O–H groups in total. The van der Waals surface area contributed by atoms with Gasteiger partial charge in [-0.2, -0.15) is 0 Å². The lowest BCUT2D eigenvalue weighted by Crippen LogP contribution is -1.98. The summed E-state index contributed by atoms with van der Waals surface area (Å²) in [5.41, 5.74) is 0.191. The molecule has 0 unspecified atom stereocenters. The third-order valence-corrected chi connectivity index (χ3v) is 3.59. The van der Waals surface area contributed by atoms with Crippen molar-refractivity contribution in [1.29, 1.82) is 0 Å². The molecule has 0 aromatic heterocycles. The topological polar surface area (TPSA) is 55.8 Å². The van der Waals surface area contributed by atoms with Gasteiger partial charge in [0, 0.05) is 11.0 Å². The van der Waals surface area contributed by atoms with Crippen LogP contribution < -0.4 is 9.47 Å². The van der Waals surface area contributed by atoms with Crippen LogP contribution in [0.15, 0.2) is 47.4 Å². The molecule has 0 radical (unpaired) electrons. The lowest BCUT2D eigenvalue weighted by molar-refractivity contribution is 0.108. The van der Waals surface area contributed by atoms with Gasteiger partial charge in [0.15, 0.2) is 11.5 Å². The van der Waals surface area contributed by atoms with Crippen LogP contribution in [0.5, 0.6) is 17.2 Å². The van der Waals surface area contributed by atoms with Gasteiger partial charge in [-0.15, -0.1) is 0 Å². The molecule has 20 heavy (non-hydrogen) atoms. The van der Waals surface area contributed by atoms with Gasteiger partial charge in [0.1, 0.15) is 5.75 Å². The minimum Gasteiger partial charge on any atom is -0.507 e. The fourth-order valence-corrected chi connectivity index (χ4v) is 2.46. The Balaban J connectivity index is 2.30. The second-order valence-corrected chi connectivity index (χ2v) is 4.97. The first kappa shape index (κ1) is 14.3. The molecule has 2 aromatic rings. The van der Waals surface area contributed by atoms with E-state index in [-0.39, 0.29) is 16.4 Å². The van der Waals surface area contributed by atoms with Crippen LogP contribution in [0.2, 0.25) is 0 Å². The quantitative estimate of drug-likeness (QED) is 0.875. The summed E-state index contributed by atoms with van der Waals surface area (Å²) in [4.78, 5) is 13.0. The molecule has 0 saturated heterocycles. The molecular formula is C15H14O4S. The van der Waals surface area contributed by atoms with Gasteiger partial charge < -0.3 is 14.6 Å². The molecule has 0 saturated carbocycles. The van der Waals surface area contributed by atoms with Crippen molar-refractivity contribution in [2.45, 2.75) is 4.90 Å². The summed E-state index contributed by atoms with van der Waals surface area (Å²) in [5, 5.41) is 9.67. The van der Waals surface area contributed by atoms with Crippen molar-refractivity contribution in [3.05, 3.63) is 48.0 Å². The van der Waals surface area contributed by atoms with Gasteiger partial charge in [-0.3, -0.25) is 4.79 Å². The van der Waals surface area contributed by atoms with E-state index in [9.17, 15) is 9.90 Å². The molecule has 2 rings (SSSR count). The molecule has 0 heterocycles. The average Bonchev–Trinajstić information content (AvgIpc) is 2.47. The molecule has 0 aliphatic carbocycles. The van der Waals surface area contributed by atoms with Gasteiger partial charge in [0.05, 0.1) is 19.8 Å². The second-order valence-electron chi connectivity index (χ2n) is 3.93. The van der Waals surface area contributed by atoms with Gasteiger partial charge in [-0.05, 0) is 30.0 Å². The summed E-state index contributed by atoms with van der Waals surface area (Å²) in [7, 11) is 2.95. The molecule has 2 aromatic carbocycles. The number of ether oxygens (including phenoxy) is 2. The van der Waals surface area contributed by atoms with E-state index in [1.165, 1.54) is 26.4 Å². The van der Waals surface area contributed by atoms with Gasteiger partial charge in [0.2, 0.25) is 5.12 Å². The highest BCUT2D eigenvalue weighted by molar-refractivity contribution is 8.14. The first-order valence-electron chi connectivity index (χ1n) is 5.88. The minimum atomic E-state index is -0.255. The molecule has 104 valence electrons. The summed E-state index contributed by atoms with van der Waals surface area (Å²) in [6.45, 7) is 0. The van der Waals surface area contributed by atoms with Crippen LogP contribution in [0.25, 0.3) is 0 Å². The van der Waals surface area contributed by atoms with E-state index in [4.69, 9.17) is 9.47 Å². The molecule has 0 amide bonds. The van der Waals surface area contributed by atoms with E-state index in [0.29, 0.717) is 11.5 Å². The van der Waals surface area contributed by atoms with E-state index in [2.05, 4.69) is 0 Å². The Hall–Kier alpha value is -2.14. The Morgan fingerprint density at radius 3 is 2.25 bits per heavy atom. The highest BCUT2D eigenvalue weighted by atomic mass is 32.2. The molecule has 0 bridgehead atoms. The Bertz CT molecular complexity index is 611. The predicted octanol–water partition coefficient (Wildman–Crippen LogP) is 3.34. The number of thioether (sulfide) groups is 1. The van der Waals surface area contributed by atoms with Crippen molar-refractivity contribution in [2.24, 2.45) is 0 Å². The molecular weight excluding hydrogens is 276 g/mol. The van der Waals surface area contributed by atoms with Gasteiger partial charge in [0.25, 0.3) is 0 Å². The molecule has 0 atom stereocenters. The summed E-state index contributed by atoms with van der Waals surface area (Å²) >= 11 is 1.05. The summed E-state index contributed by atoms with van der Waals surface area (Å²) in [5.74, 6) is 0.657. The van der Waals surface area contributed by atoms with Crippen molar-refractivity contribution >= 4 is 16.9 Å². The molecule has 5 heteroatoms. The van der Waals surface area contributed by atoms with Crippen molar-refractivity contribution in [2.75, 3.05) is 14.2 Å². The number of carbonyl (C=O) groups excluding carboxylic acids is 1. The van der Waals surface area contributed by atoms with Crippen LogP contribution in [0, 0.1) is 0 Å². The van der Waals surface area contributed by atoms with Gasteiger partial charge in [-0.1, -0.05) is 18.2 Å². The maximum atomic E-state index is 12.2. The number of aromatic hydroxyl groups is 1. The first-order chi connectivity index (χ1) is 9.65. The van der Waals surface area contributed by atoms with Crippen molar-refractivity contribution in [3.8, 4) is 17.2 Å². The monoisotopic (exact) mass is 290 g/mol. The number of carbonyl (C=O) groups is 1. The number of hydrogen-bond acceptors (Lipinski definition) is 5. The third kappa shape index (κ3) is 3.05. The first-order valence-corrected chi connectivity index (χ1v) is 6.69. The number of benzene rings is 2. The van der Waals surface area contributed by atoms with E-state index < -0.39 is 0 Å². The number of rotatable bonds is 4. The number of phenols is 1. The SMILES string of the molecule is COc1cc(O)c(C(=O)Sc2ccccc2)cc1OC. The van der Waals surface area contributed by atoms with Gasteiger partial charge in [-0.25, -0.2) is 0 Å². The Morgan fingerprint density at radius 2 is 1.65 bits per heavy atom. The fraction of sp³-hybridized carbons (Fsp3) is 0.133. The summed E-state index contributed by atoms with van der Waals surface area (Å²) in [6.07, 6.45) is 0. The molecule has 0 aliphatic heterocycles. The van der Waals surface area contributed by atoms with Crippen LogP contribution in [0.4, 0.5) is 0 Å². The normalized spacial score (nSPS) is 10.1. The molecule has 4 nitrogen and oxygen atoms in total. The van der Waals surface area contributed by atoms with Crippen LogP contribution in [0.1, 0.15) is 10.4 Å². The second kappa shape index (κ2) is 6.34. The largest absolute Gasteiger partial charge is 0.507 e. The smallest absolute Gasteiger partial charge is 0.227 e. The number of hydrogen-bond donors (Lipinski definition) is 1. The van der Waals surface area contributed by atoms with Crippen molar-refractivity contribution in [1.82, 2.24) is 0 Å². The number of phenolic OH excluding ortho intramolecular Hbond substituents is 1. The molecule has 0 fully saturated rings. The van der Waals surface area contributed by atoms with Crippen LogP contribution in [0.3, 0.4) is 0 Å². The van der Waals surface area contributed by atoms with E-state index in [1.807, 2.05) is 30.3 Å². The Kier molecular flexibility index (Phi) is 4.53. The maximum absolute atomic E-state index is 12.2. The predicted molar refractivity (Wildman–Crippen MR) is 77.8 cm³/mol. The zero-order valence-corrected chi connectivity index (χ0v) is 11.9. The van der Waals surface area contributed by atoms with Crippen LogP contribution in [-0.2, 0) is 0 Å². The fourth-order valence-electron chi connectivity index (χ4n) is 1.68. The molecule has 0 aliphatic rings. The zero-order valence-electron chi connectivity index (χ0n) is 11.1. The van der Waals surface area contributed by atoms with E-state index >= 15 is 0 Å². The van der Waals surface area contributed by atoms with Crippen molar-refractivity contribution < 1.29 is 19.4 Å². The highest BCUT2D eigenvalue weighted by Gasteiger charge is 2.17. The lowest BCUT2D eigenvalue weighted by atomic mass is 10.2.